The minimum atomic E-state index is -0.220. The summed E-state index contributed by atoms with van der Waals surface area (Å²) in [7, 11) is 0. The summed E-state index contributed by atoms with van der Waals surface area (Å²) in [5.41, 5.74) is 2.28. The van der Waals surface area contributed by atoms with Gasteiger partial charge >= 0.3 is 0 Å². The molecule has 0 aliphatic carbocycles. The Balaban J connectivity index is 1.75. The van der Waals surface area contributed by atoms with Crippen LogP contribution in [0.4, 0.5) is 5.82 Å². The van der Waals surface area contributed by atoms with Gasteiger partial charge in [0.15, 0.2) is 5.82 Å². The molecule has 0 radical (unpaired) electrons. The van der Waals surface area contributed by atoms with Gasteiger partial charge in [-0.1, -0.05) is 0 Å². The van der Waals surface area contributed by atoms with Gasteiger partial charge in [0.25, 0.3) is 5.91 Å². The average Bonchev–Trinajstić information content (AvgIpc) is 3.08. The van der Waals surface area contributed by atoms with Crippen LogP contribution >= 0.6 is 11.3 Å². The summed E-state index contributed by atoms with van der Waals surface area (Å²) < 4.78 is 0. The smallest absolute Gasteiger partial charge is 0.258 e. The van der Waals surface area contributed by atoms with E-state index >= 15 is 0 Å². The molecule has 0 fully saturated rings. The first-order valence-electron chi connectivity index (χ1n) is 6.48. The number of carbonyl (C=O) groups excluding carboxylic acids is 1. The number of aryl methyl sites for hydroxylation is 2. The molecule has 0 bridgehead atoms. The number of nitrogens with zero attached hydrogens (tertiary/aromatic N) is 2. The van der Waals surface area contributed by atoms with Gasteiger partial charge in [-0.3, -0.25) is 14.9 Å². The van der Waals surface area contributed by atoms with Gasteiger partial charge in [0.05, 0.1) is 16.1 Å². The summed E-state index contributed by atoms with van der Waals surface area (Å²) >= 11 is 1.68. The van der Waals surface area contributed by atoms with Crippen molar-refractivity contribution < 1.29 is 4.79 Å². The second kappa shape index (κ2) is 5.49. The second-order valence-electron chi connectivity index (χ2n) is 4.72. The van der Waals surface area contributed by atoms with Crippen molar-refractivity contribution in [3.63, 3.8) is 0 Å². The van der Waals surface area contributed by atoms with Gasteiger partial charge in [-0.2, -0.15) is 5.10 Å². The lowest BCUT2D eigenvalue weighted by atomic mass is 10.2. The molecule has 3 aromatic rings. The minimum Gasteiger partial charge on any atom is -0.305 e. The number of hydrogen-bond donors (Lipinski definition) is 2. The molecule has 1 amide bonds. The predicted molar refractivity (Wildman–Crippen MR) is 83.6 cm³/mol. The van der Waals surface area contributed by atoms with Crippen LogP contribution in [0.25, 0.3) is 10.6 Å². The highest BCUT2D eigenvalue weighted by Crippen LogP contribution is 2.27. The van der Waals surface area contributed by atoms with Gasteiger partial charge in [-0.05, 0) is 38.1 Å². The minimum absolute atomic E-state index is 0.220. The van der Waals surface area contributed by atoms with Gasteiger partial charge < -0.3 is 5.32 Å². The molecule has 0 aromatic carbocycles. The van der Waals surface area contributed by atoms with Crippen molar-refractivity contribution in [1.82, 2.24) is 15.2 Å². The molecule has 5 nitrogen and oxygen atoms in total. The van der Waals surface area contributed by atoms with Crippen LogP contribution in [-0.4, -0.2) is 21.1 Å². The Bertz CT molecular complexity index is 773. The molecule has 21 heavy (non-hydrogen) atoms. The van der Waals surface area contributed by atoms with Crippen LogP contribution in [0.1, 0.15) is 20.9 Å². The third-order valence-corrected chi connectivity index (χ3v) is 4.03. The van der Waals surface area contributed by atoms with E-state index in [4.69, 9.17) is 0 Å². The highest BCUT2D eigenvalue weighted by atomic mass is 32.1. The van der Waals surface area contributed by atoms with Crippen LogP contribution in [0, 0.1) is 13.8 Å². The summed E-state index contributed by atoms with van der Waals surface area (Å²) in [6.45, 7) is 3.93. The monoisotopic (exact) mass is 298 g/mol. The Morgan fingerprint density at radius 1 is 1.24 bits per heavy atom. The van der Waals surface area contributed by atoms with Crippen LogP contribution in [0.15, 0.2) is 36.5 Å². The molecule has 0 saturated heterocycles. The molecule has 6 heteroatoms. The van der Waals surface area contributed by atoms with Crippen molar-refractivity contribution in [3.05, 3.63) is 52.7 Å². The summed E-state index contributed by atoms with van der Waals surface area (Å²) in [6, 6.07) is 9.46. The quantitative estimate of drug-likeness (QED) is 0.778. The third kappa shape index (κ3) is 3.00. The fourth-order valence-corrected chi connectivity index (χ4v) is 2.72. The third-order valence-electron chi connectivity index (χ3n) is 3.00. The standard InChI is InChI=1S/C15H14N4OS/c1-9-3-5-11(8-16-9)15(20)17-14-7-12(18-19-14)13-6-4-10(2)21-13/h3-8H,1-2H3,(H2,17,18,19,20). The zero-order chi connectivity index (χ0) is 14.8. The van der Waals surface area contributed by atoms with Gasteiger partial charge in [0.2, 0.25) is 0 Å². The Hall–Kier alpha value is -2.47. The Labute approximate surface area is 126 Å². The number of aromatic nitrogens is 3. The van der Waals surface area contributed by atoms with Crippen molar-refractivity contribution in [2.75, 3.05) is 5.32 Å². The van der Waals surface area contributed by atoms with E-state index < -0.39 is 0 Å². The lowest BCUT2D eigenvalue weighted by Crippen LogP contribution is -2.12. The van der Waals surface area contributed by atoms with Crippen LogP contribution in [0.2, 0.25) is 0 Å². The van der Waals surface area contributed by atoms with Crippen LogP contribution in [-0.2, 0) is 0 Å². The zero-order valence-electron chi connectivity index (χ0n) is 11.7. The molecular weight excluding hydrogens is 284 g/mol. The van der Waals surface area contributed by atoms with Crippen molar-refractivity contribution >= 4 is 23.1 Å². The van der Waals surface area contributed by atoms with E-state index in [1.54, 1.807) is 29.7 Å². The first-order chi connectivity index (χ1) is 10.1. The topological polar surface area (TPSA) is 70.7 Å². The molecule has 0 spiro atoms. The van der Waals surface area contributed by atoms with E-state index in [-0.39, 0.29) is 5.91 Å². The molecule has 0 aliphatic rings. The Morgan fingerprint density at radius 2 is 2.10 bits per heavy atom. The highest BCUT2D eigenvalue weighted by Gasteiger charge is 2.10. The van der Waals surface area contributed by atoms with Crippen molar-refractivity contribution in [2.24, 2.45) is 0 Å². The van der Waals surface area contributed by atoms with Crippen molar-refractivity contribution in [2.45, 2.75) is 13.8 Å². The maximum absolute atomic E-state index is 12.1. The summed E-state index contributed by atoms with van der Waals surface area (Å²) in [5.74, 6) is 0.282. The zero-order valence-corrected chi connectivity index (χ0v) is 12.5. The van der Waals surface area contributed by atoms with E-state index in [0.717, 1.165) is 16.3 Å². The number of hydrogen-bond acceptors (Lipinski definition) is 4. The number of thiophene rings is 1. The molecule has 0 saturated carbocycles. The number of pyridine rings is 1. The lowest BCUT2D eigenvalue weighted by Gasteiger charge is -2.01. The van der Waals surface area contributed by atoms with E-state index in [0.29, 0.717) is 11.4 Å². The van der Waals surface area contributed by atoms with E-state index in [1.165, 1.54) is 4.88 Å². The summed E-state index contributed by atoms with van der Waals surface area (Å²) in [6.07, 6.45) is 1.56. The lowest BCUT2D eigenvalue weighted by molar-refractivity contribution is 0.102. The van der Waals surface area contributed by atoms with E-state index in [1.807, 2.05) is 19.1 Å². The molecule has 3 rings (SSSR count). The Kier molecular flexibility index (Phi) is 3.53. The Morgan fingerprint density at radius 3 is 2.76 bits per heavy atom. The number of anilines is 1. The number of amides is 1. The number of nitrogens with one attached hydrogen (secondary N) is 2. The van der Waals surface area contributed by atoms with Gasteiger partial charge in [0.1, 0.15) is 0 Å². The fourth-order valence-electron chi connectivity index (χ4n) is 1.88. The molecule has 3 heterocycles. The predicted octanol–water partition coefficient (Wildman–Crippen LogP) is 3.40. The largest absolute Gasteiger partial charge is 0.305 e. The molecule has 0 aliphatic heterocycles. The molecule has 0 atom stereocenters. The maximum Gasteiger partial charge on any atom is 0.258 e. The maximum atomic E-state index is 12.1. The summed E-state index contributed by atoms with van der Waals surface area (Å²) in [5, 5.41) is 9.80. The van der Waals surface area contributed by atoms with Gasteiger partial charge in [-0.15, -0.1) is 11.3 Å². The summed E-state index contributed by atoms with van der Waals surface area (Å²) in [4.78, 5) is 18.5. The van der Waals surface area contributed by atoms with Crippen molar-refractivity contribution in [1.29, 1.82) is 0 Å². The van der Waals surface area contributed by atoms with Gasteiger partial charge in [0, 0.05) is 22.8 Å². The highest BCUT2D eigenvalue weighted by molar-refractivity contribution is 7.15. The number of H-pyrrole nitrogens is 1. The van der Waals surface area contributed by atoms with Gasteiger partial charge in [-0.25, -0.2) is 0 Å². The first kappa shape index (κ1) is 13.5. The normalized spacial score (nSPS) is 10.6. The van der Waals surface area contributed by atoms with E-state index in [2.05, 4.69) is 33.5 Å². The fraction of sp³-hybridized carbons (Fsp3) is 0.133. The van der Waals surface area contributed by atoms with Crippen LogP contribution in [0.5, 0.6) is 0 Å². The SMILES string of the molecule is Cc1ccc(C(=O)Nc2cc(-c3ccc(C)s3)[nH]n2)cn1. The van der Waals surface area contributed by atoms with Crippen LogP contribution in [0.3, 0.4) is 0 Å². The first-order valence-corrected chi connectivity index (χ1v) is 7.30. The molecule has 3 aromatic heterocycles. The number of aromatic amines is 1. The number of carbonyl (C=O) groups is 1. The van der Waals surface area contributed by atoms with Crippen molar-refractivity contribution in [3.8, 4) is 10.6 Å². The molecular formula is C15H14N4OS. The molecule has 106 valence electrons. The average molecular weight is 298 g/mol. The molecule has 2 N–H and O–H groups in total. The van der Waals surface area contributed by atoms with E-state index in [9.17, 15) is 4.79 Å². The van der Waals surface area contributed by atoms with Crippen LogP contribution < -0.4 is 5.32 Å². The molecule has 0 unspecified atom stereocenters. The second-order valence-corrected chi connectivity index (χ2v) is 6.01. The number of rotatable bonds is 3.